The summed E-state index contributed by atoms with van der Waals surface area (Å²) in [6, 6.07) is 8.89. The van der Waals surface area contributed by atoms with Crippen LogP contribution in [0.15, 0.2) is 55.4 Å². The van der Waals surface area contributed by atoms with E-state index in [0.29, 0.717) is 22.2 Å². The van der Waals surface area contributed by atoms with Gasteiger partial charge in [-0.1, -0.05) is 29.3 Å². The second kappa shape index (κ2) is 7.93. The molecular formula is C17H17Cl2N5O. The Labute approximate surface area is 155 Å². The third-order valence-corrected chi connectivity index (χ3v) is 4.37. The molecule has 0 aliphatic heterocycles. The number of rotatable bonds is 7. The summed E-state index contributed by atoms with van der Waals surface area (Å²) in [5.74, 6) is 0. The summed E-state index contributed by atoms with van der Waals surface area (Å²) >= 11 is 12.3. The third kappa shape index (κ3) is 4.55. The Morgan fingerprint density at radius 1 is 1.12 bits per heavy atom. The fraction of sp³-hybridized carbons (Fsp3) is 0.235. The zero-order valence-corrected chi connectivity index (χ0v) is 14.8. The molecule has 25 heavy (non-hydrogen) atoms. The summed E-state index contributed by atoms with van der Waals surface area (Å²) in [4.78, 5) is 7.92. The number of halogens is 2. The van der Waals surface area contributed by atoms with Crippen molar-refractivity contribution >= 4 is 23.2 Å². The van der Waals surface area contributed by atoms with E-state index in [2.05, 4.69) is 20.4 Å². The highest BCUT2D eigenvalue weighted by molar-refractivity contribution is 6.35. The molecular weight excluding hydrogens is 361 g/mol. The molecule has 130 valence electrons. The van der Waals surface area contributed by atoms with E-state index in [-0.39, 0.29) is 13.1 Å². The highest BCUT2D eigenvalue weighted by atomic mass is 35.5. The van der Waals surface area contributed by atoms with Gasteiger partial charge in [0.25, 0.3) is 0 Å². The molecule has 0 bridgehead atoms. The van der Waals surface area contributed by atoms with Crippen molar-refractivity contribution in [3.8, 4) is 0 Å². The Morgan fingerprint density at radius 3 is 2.60 bits per heavy atom. The van der Waals surface area contributed by atoms with Crippen molar-refractivity contribution in [2.45, 2.75) is 18.7 Å². The molecule has 3 rings (SSSR count). The first kappa shape index (κ1) is 17.8. The molecule has 1 unspecified atom stereocenters. The molecule has 2 N–H and O–H groups in total. The molecule has 1 aromatic carbocycles. The zero-order chi connectivity index (χ0) is 17.7. The molecule has 0 spiro atoms. The molecule has 2 heterocycles. The lowest BCUT2D eigenvalue weighted by molar-refractivity contribution is 0.0152. The number of benzene rings is 1. The van der Waals surface area contributed by atoms with Crippen molar-refractivity contribution in [1.29, 1.82) is 0 Å². The predicted octanol–water partition coefficient (Wildman–Crippen LogP) is 2.66. The molecule has 0 fully saturated rings. The molecule has 3 aromatic rings. The van der Waals surface area contributed by atoms with Gasteiger partial charge in [0.2, 0.25) is 0 Å². The fourth-order valence-corrected chi connectivity index (χ4v) is 3.18. The van der Waals surface area contributed by atoms with Crippen LogP contribution in [-0.2, 0) is 18.7 Å². The van der Waals surface area contributed by atoms with E-state index in [4.69, 9.17) is 23.2 Å². The van der Waals surface area contributed by atoms with Crippen LogP contribution in [0.5, 0.6) is 0 Å². The van der Waals surface area contributed by atoms with Gasteiger partial charge in [-0.2, -0.15) is 5.10 Å². The van der Waals surface area contributed by atoms with Crippen LogP contribution in [0.25, 0.3) is 0 Å². The number of aromatic nitrogens is 4. The lowest BCUT2D eigenvalue weighted by Gasteiger charge is -2.30. The van der Waals surface area contributed by atoms with Crippen LogP contribution in [-0.4, -0.2) is 31.4 Å². The van der Waals surface area contributed by atoms with E-state index in [1.54, 1.807) is 41.6 Å². The third-order valence-electron chi connectivity index (χ3n) is 3.82. The molecule has 6 nitrogen and oxygen atoms in total. The minimum absolute atomic E-state index is 0.206. The summed E-state index contributed by atoms with van der Waals surface area (Å²) in [7, 11) is 0. The summed E-state index contributed by atoms with van der Waals surface area (Å²) in [6.45, 7) is 1.07. The first-order valence-corrected chi connectivity index (χ1v) is 8.42. The maximum absolute atomic E-state index is 11.3. The van der Waals surface area contributed by atoms with E-state index in [9.17, 15) is 5.11 Å². The summed E-state index contributed by atoms with van der Waals surface area (Å²) in [5.41, 5.74) is 0.374. The maximum Gasteiger partial charge on any atom is 0.137 e. The lowest BCUT2D eigenvalue weighted by Crippen LogP contribution is -2.42. The van der Waals surface area contributed by atoms with Crippen LogP contribution in [0.1, 0.15) is 11.1 Å². The minimum Gasteiger partial charge on any atom is -0.382 e. The Balaban J connectivity index is 1.81. The van der Waals surface area contributed by atoms with Gasteiger partial charge in [0.05, 0.1) is 6.54 Å². The number of aliphatic hydroxyl groups is 1. The molecule has 2 aromatic heterocycles. The van der Waals surface area contributed by atoms with Crippen LogP contribution in [0, 0.1) is 0 Å². The lowest BCUT2D eigenvalue weighted by atomic mass is 9.93. The average molecular weight is 378 g/mol. The van der Waals surface area contributed by atoms with Gasteiger partial charge in [-0.3, -0.25) is 4.98 Å². The topological polar surface area (TPSA) is 75.9 Å². The first-order valence-electron chi connectivity index (χ1n) is 7.67. The van der Waals surface area contributed by atoms with Crippen LogP contribution in [0.2, 0.25) is 10.0 Å². The molecule has 0 aliphatic carbocycles. The molecule has 0 amide bonds. The Hall–Kier alpha value is -1.99. The van der Waals surface area contributed by atoms with Gasteiger partial charge in [-0.05, 0) is 29.8 Å². The zero-order valence-electron chi connectivity index (χ0n) is 13.3. The van der Waals surface area contributed by atoms with E-state index in [1.807, 2.05) is 12.1 Å². The highest BCUT2D eigenvalue weighted by Gasteiger charge is 2.32. The van der Waals surface area contributed by atoms with E-state index < -0.39 is 5.60 Å². The Bertz CT molecular complexity index is 813. The second-order valence-corrected chi connectivity index (χ2v) is 6.55. The minimum atomic E-state index is -1.28. The van der Waals surface area contributed by atoms with Crippen LogP contribution < -0.4 is 5.32 Å². The van der Waals surface area contributed by atoms with Crippen molar-refractivity contribution in [1.82, 2.24) is 25.1 Å². The van der Waals surface area contributed by atoms with Gasteiger partial charge in [0, 0.05) is 41.1 Å². The van der Waals surface area contributed by atoms with Crippen molar-refractivity contribution in [3.05, 3.63) is 76.6 Å². The number of nitrogens with one attached hydrogen (secondary N) is 1. The summed E-state index contributed by atoms with van der Waals surface area (Å²) < 4.78 is 1.57. The van der Waals surface area contributed by atoms with Crippen molar-refractivity contribution < 1.29 is 5.11 Å². The SMILES string of the molecule is OC(CNCc1ccncc1)(Cn1cncn1)c1ccc(Cl)cc1Cl. The Kier molecular flexibility index (Phi) is 5.65. The molecule has 8 heteroatoms. The molecule has 0 aliphatic rings. The normalized spacial score (nSPS) is 13.6. The first-order chi connectivity index (χ1) is 12.1. The fourth-order valence-electron chi connectivity index (χ4n) is 2.60. The van der Waals surface area contributed by atoms with Crippen molar-refractivity contribution in [2.75, 3.05) is 6.54 Å². The predicted molar refractivity (Wildman–Crippen MR) is 96.3 cm³/mol. The van der Waals surface area contributed by atoms with Gasteiger partial charge in [0.1, 0.15) is 18.3 Å². The van der Waals surface area contributed by atoms with Crippen LogP contribution >= 0.6 is 23.2 Å². The van der Waals surface area contributed by atoms with Crippen molar-refractivity contribution in [2.24, 2.45) is 0 Å². The summed E-state index contributed by atoms with van der Waals surface area (Å²) in [6.07, 6.45) is 6.44. The van der Waals surface area contributed by atoms with Gasteiger partial charge in [-0.25, -0.2) is 9.67 Å². The monoisotopic (exact) mass is 377 g/mol. The van der Waals surface area contributed by atoms with Crippen LogP contribution in [0.4, 0.5) is 0 Å². The van der Waals surface area contributed by atoms with E-state index >= 15 is 0 Å². The van der Waals surface area contributed by atoms with E-state index in [1.165, 1.54) is 6.33 Å². The standard InChI is InChI=1S/C17H17Cl2N5O/c18-14-1-2-15(16(19)7-14)17(25,10-24-12-22-11-23-24)9-21-8-13-3-5-20-6-4-13/h1-7,11-12,21,25H,8-10H2. The number of pyridine rings is 1. The number of hydrogen-bond donors (Lipinski definition) is 2. The molecule has 0 radical (unpaired) electrons. The van der Waals surface area contributed by atoms with Crippen molar-refractivity contribution in [3.63, 3.8) is 0 Å². The number of nitrogens with zero attached hydrogens (tertiary/aromatic N) is 4. The summed E-state index contributed by atoms with van der Waals surface area (Å²) in [5, 5.41) is 19.6. The number of hydrogen-bond acceptors (Lipinski definition) is 5. The van der Waals surface area contributed by atoms with Crippen LogP contribution in [0.3, 0.4) is 0 Å². The molecule has 1 atom stereocenters. The smallest absolute Gasteiger partial charge is 0.137 e. The molecule has 0 saturated heterocycles. The maximum atomic E-state index is 11.3. The average Bonchev–Trinajstić information content (AvgIpc) is 3.08. The molecule has 0 saturated carbocycles. The second-order valence-electron chi connectivity index (χ2n) is 5.71. The van der Waals surface area contributed by atoms with Gasteiger partial charge in [-0.15, -0.1) is 0 Å². The quantitative estimate of drug-likeness (QED) is 0.661. The van der Waals surface area contributed by atoms with E-state index in [0.717, 1.165) is 5.56 Å². The van der Waals surface area contributed by atoms with Gasteiger partial charge >= 0.3 is 0 Å². The highest BCUT2D eigenvalue weighted by Crippen LogP contribution is 2.31. The largest absolute Gasteiger partial charge is 0.382 e. The Morgan fingerprint density at radius 2 is 1.92 bits per heavy atom. The van der Waals surface area contributed by atoms with Gasteiger partial charge in [0.15, 0.2) is 0 Å². The van der Waals surface area contributed by atoms with Gasteiger partial charge < -0.3 is 10.4 Å².